The minimum absolute atomic E-state index is 0.0929. The molecule has 35 heavy (non-hydrogen) atoms. The summed E-state index contributed by atoms with van der Waals surface area (Å²) in [6, 6.07) is 7.86. The fourth-order valence-electron chi connectivity index (χ4n) is 4.55. The number of likely N-dealkylation sites (tertiary alicyclic amines) is 1. The van der Waals surface area contributed by atoms with Crippen LogP contribution in [0, 0.1) is 22.7 Å². The molecule has 1 saturated heterocycles. The summed E-state index contributed by atoms with van der Waals surface area (Å²) in [6.07, 6.45) is 3.35. The Morgan fingerprint density at radius 2 is 1.97 bits per heavy atom. The average molecular weight is 482 g/mol. The van der Waals surface area contributed by atoms with Crippen LogP contribution in [0.5, 0.6) is 0 Å². The van der Waals surface area contributed by atoms with Crippen molar-refractivity contribution in [2.75, 3.05) is 6.54 Å². The normalized spacial score (nSPS) is 22.0. The van der Waals surface area contributed by atoms with Crippen molar-refractivity contribution in [2.24, 2.45) is 17.1 Å². The van der Waals surface area contributed by atoms with Crippen LogP contribution in [0.15, 0.2) is 36.2 Å². The molecule has 3 rings (SSSR count). The van der Waals surface area contributed by atoms with Gasteiger partial charge in [0, 0.05) is 43.7 Å². The zero-order valence-corrected chi connectivity index (χ0v) is 21.5. The number of rotatable bonds is 7. The molecule has 1 heterocycles. The minimum atomic E-state index is -0.830. The molecule has 5 N–H and O–H groups in total. The maximum atomic E-state index is 13.8. The number of nitrogens with two attached hydrogens (primary N) is 2. The lowest BCUT2D eigenvalue weighted by molar-refractivity contribution is -0.627. The van der Waals surface area contributed by atoms with E-state index in [-0.39, 0.29) is 24.8 Å². The number of nitriles is 1. The summed E-state index contributed by atoms with van der Waals surface area (Å²) in [6.45, 7) is 13.8. The third-order valence-corrected chi connectivity index (χ3v) is 7.22. The molecule has 2 aliphatic rings. The molecule has 188 valence electrons. The molecule has 2 fully saturated rings. The van der Waals surface area contributed by atoms with Gasteiger partial charge in [-0.3, -0.25) is 4.79 Å². The van der Waals surface area contributed by atoms with E-state index in [1.54, 1.807) is 18.2 Å². The van der Waals surface area contributed by atoms with E-state index >= 15 is 0 Å². The maximum Gasteiger partial charge on any atom is 0.409 e. The summed E-state index contributed by atoms with van der Waals surface area (Å²) in [7, 11) is 0. The second-order valence-electron chi connectivity index (χ2n) is 11.4. The number of carbonyl (C=O) groups excluding carboxylic acids is 2. The van der Waals surface area contributed by atoms with Gasteiger partial charge in [0.15, 0.2) is 17.6 Å². The van der Waals surface area contributed by atoms with E-state index in [1.165, 1.54) is 9.48 Å². The Morgan fingerprint density at radius 1 is 1.31 bits per heavy atom. The first-order chi connectivity index (χ1) is 16.3. The Bertz CT molecular complexity index is 1080. The van der Waals surface area contributed by atoms with Crippen LogP contribution in [-0.2, 0) is 15.1 Å². The first-order valence-electron chi connectivity index (χ1n) is 12.2. The highest BCUT2D eigenvalue weighted by molar-refractivity contribution is 5.88. The fraction of sp³-hybridized carbons (Fsp3) is 0.556. The molecule has 0 radical (unpaired) electrons. The fourth-order valence-corrected chi connectivity index (χ4v) is 4.55. The van der Waals surface area contributed by atoms with E-state index in [4.69, 9.17) is 5.73 Å². The first-order valence-corrected chi connectivity index (χ1v) is 12.2. The third kappa shape index (κ3) is 5.80. The lowest BCUT2D eigenvalue weighted by Gasteiger charge is -2.32. The number of allylic oxidation sites excluding steroid dienone is 1. The topological polar surface area (TPSA) is 127 Å². The molecule has 0 bridgehead atoms. The molecule has 1 aliphatic carbocycles. The first kappa shape index (κ1) is 26.6. The van der Waals surface area contributed by atoms with Crippen molar-refractivity contribution >= 4 is 18.5 Å². The van der Waals surface area contributed by atoms with Crippen molar-refractivity contribution in [3.8, 4) is 6.07 Å². The highest BCUT2D eigenvalue weighted by Gasteiger charge is 2.50. The van der Waals surface area contributed by atoms with Crippen LogP contribution >= 0.6 is 0 Å². The largest absolute Gasteiger partial charge is 0.409 e. The van der Waals surface area contributed by atoms with Gasteiger partial charge >= 0.3 is 5.91 Å². The van der Waals surface area contributed by atoms with Gasteiger partial charge in [0.05, 0.1) is 23.4 Å². The Hall–Kier alpha value is -3.02. The predicted octanol–water partition coefficient (Wildman–Crippen LogP) is 1.18. The van der Waals surface area contributed by atoms with Crippen LogP contribution in [0.4, 0.5) is 0 Å². The highest BCUT2D eigenvalue weighted by Crippen LogP contribution is 2.33. The summed E-state index contributed by atoms with van der Waals surface area (Å²) < 4.78 is 1.37. The Labute approximate surface area is 208 Å². The maximum absolute atomic E-state index is 13.8. The number of benzene rings is 1. The standard InChI is InChI=1S/C27H38N5O3/c1-26(2,3)23(30-15-21(29)18-10-11-18)25(35)32-16-20(33)13-22(32)24(34)31(6)27(4,5)19-9-7-8-17(12-19)14-28/h7-9,12,15,18,20,22-23,30,33H,6,10-11,13,16,29H2,1-5H3/q+1/p+1/b21-15-. The van der Waals surface area contributed by atoms with Gasteiger partial charge in [-0.1, -0.05) is 32.9 Å². The number of quaternary nitrogens is 1. The van der Waals surface area contributed by atoms with Crippen LogP contribution in [0.25, 0.3) is 0 Å². The van der Waals surface area contributed by atoms with E-state index in [0.717, 1.165) is 24.1 Å². The van der Waals surface area contributed by atoms with Crippen LogP contribution < -0.4 is 11.1 Å². The summed E-state index contributed by atoms with van der Waals surface area (Å²) in [5, 5.41) is 21.6. The SMILES string of the molecule is C=[N+](C(=O)C1CC(O)CN1C(=O)C([NH2+]/C=C(\N)C1CC1)C(C)(C)C)C(C)(C)c1cccc(C#N)c1. The molecule has 0 aromatic heterocycles. The summed E-state index contributed by atoms with van der Waals surface area (Å²) >= 11 is 0. The van der Waals surface area contributed by atoms with Crippen LogP contribution in [-0.4, -0.2) is 57.8 Å². The van der Waals surface area contributed by atoms with Crippen molar-refractivity contribution in [2.45, 2.75) is 77.6 Å². The molecule has 8 heteroatoms. The summed E-state index contributed by atoms with van der Waals surface area (Å²) in [4.78, 5) is 28.9. The van der Waals surface area contributed by atoms with E-state index in [9.17, 15) is 20.0 Å². The van der Waals surface area contributed by atoms with Crippen molar-refractivity contribution in [3.63, 3.8) is 0 Å². The van der Waals surface area contributed by atoms with Gasteiger partial charge < -0.3 is 21.1 Å². The van der Waals surface area contributed by atoms with Crippen molar-refractivity contribution < 1.29 is 24.6 Å². The molecule has 2 amide bonds. The molecular formula is C27H39N5O3+2. The molecule has 1 aliphatic heterocycles. The van der Waals surface area contributed by atoms with Gasteiger partial charge in [0.2, 0.25) is 0 Å². The molecule has 1 aromatic carbocycles. The third-order valence-electron chi connectivity index (χ3n) is 7.22. The number of amides is 2. The van der Waals surface area contributed by atoms with Crippen LogP contribution in [0.3, 0.4) is 0 Å². The van der Waals surface area contributed by atoms with Crippen molar-refractivity contribution in [3.05, 3.63) is 47.3 Å². The zero-order chi connectivity index (χ0) is 26.1. The number of aliphatic hydroxyl groups excluding tert-OH is 1. The lowest BCUT2D eigenvalue weighted by Crippen LogP contribution is -2.91. The molecule has 0 spiro atoms. The molecule has 1 saturated carbocycles. The zero-order valence-electron chi connectivity index (χ0n) is 21.5. The minimum Gasteiger partial charge on any atom is -0.398 e. The van der Waals surface area contributed by atoms with Gasteiger partial charge in [-0.25, -0.2) is 4.79 Å². The number of carbonyl (C=O) groups is 2. The van der Waals surface area contributed by atoms with Crippen molar-refractivity contribution in [1.29, 1.82) is 5.26 Å². The van der Waals surface area contributed by atoms with E-state index < -0.39 is 29.1 Å². The van der Waals surface area contributed by atoms with E-state index in [2.05, 4.69) is 12.8 Å². The summed E-state index contributed by atoms with van der Waals surface area (Å²) in [5.41, 5.74) is 6.97. The quantitative estimate of drug-likeness (QED) is 0.398. The van der Waals surface area contributed by atoms with Gasteiger partial charge in [-0.2, -0.15) is 9.84 Å². The summed E-state index contributed by atoms with van der Waals surface area (Å²) in [5.74, 6) is -0.153. The Balaban J connectivity index is 1.85. The number of β-amino-alcohol motifs (C(OH)–C–C–N with tert-alkyl or cyclic N) is 1. The van der Waals surface area contributed by atoms with Gasteiger partial charge in [-0.05, 0) is 25.0 Å². The smallest absolute Gasteiger partial charge is 0.398 e. The monoisotopic (exact) mass is 481 g/mol. The van der Waals surface area contributed by atoms with Gasteiger partial charge in [-0.15, -0.1) is 0 Å². The van der Waals surface area contributed by atoms with E-state index in [0.29, 0.717) is 11.5 Å². The second-order valence-corrected chi connectivity index (χ2v) is 11.4. The molecular weight excluding hydrogens is 442 g/mol. The van der Waals surface area contributed by atoms with Gasteiger partial charge in [0.25, 0.3) is 5.91 Å². The number of hydrogen-bond acceptors (Lipinski definition) is 5. The Morgan fingerprint density at radius 3 is 2.54 bits per heavy atom. The number of nitrogens with zero attached hydrogens (tertiary/aromatic N) is 3. The molecule has 1 aromatic rings. The van der Waals surface area contributed by atoms with E-state index in [1.807, 2.05) is 52.2 Å². The van der Waals surface area contributed by atoms with Crippen LogP contribution in [0.2, 0.25) is 0 Å². The average Bonchev–Trinajstić information content (AvgIpc) is 3.58. The van der Waals surface area contributed by atoms with Gasteiger partial charge in [0.1, 0.15) is 12.9 Å². The highest BCUT2D eigenvalue weighted by atomic mass is 16.3. The number of hydrogen-bond donors (Lipinski definition) is 3. The Kier molecular flexibility index (Phi) is 7.53. The lowest BCUT2D eigenvalue weighted by atomic mass is 9.85. The number of aliphatic hydroxyl groups is 1. The van der Waals surface area contributed by atoms with Crippen LogP contribution in [0.1, 0.15) is 65.0 Å². The molecule has 3 atom stereocenters. The van der Waals surface area contributed by atoms with Crippen molar-refractivity contribution in [1.82, 2.24) is 4.90 Å². The molecule has 8 nitrogen and oxygen atoms in total. The second kappa shape index (κ2) is 9.92. The molecule has 3 unspecified atom stereocenters. The predicted molar refractivity (Wildman–Crippen MR) is 133 cm³/mol.